The van der Waals surface area contributed by atoms with Gasteiger partial charge >= 0.3 is 5.97 Å². The van der Waals surface area contributed by atoms with Crippen LogP contribution in [0.1, 0.15) is 36.0 Å². The lowest BCUT2D eigenvalue weighted by atomic mass is 10.0. The van der Waals surface area contributed by atoms with Crippen LogP contribution < -0.4 is 5.32 Å². The van der Waals surface area contributed by atoms with Gasteiger partial charge in [0.1, 0.15) is 4.21 Å². The van der Waals surface area contributed by atoms with E-state index in [1.165, 1.54) is 22.8 Å². The number of anilines is 1. The molecule has 9 heteroatoms. The number of amides is 1. The van der Waals surface area contributed by atoms with Crippen molar-refractivity contribution in [1.82, 2.24) is 4.31 Å². The highest BCUT2D eigenvalue weighted by atomic mass is 32.2. The molecule has 1 amide bonds. The van der Waals surface area contributed by atoms with Crippen LogP contribution in [0.2, 0.25) is 0 Å². The summed E-state index contributed by atoms with van der Waals surface area (Å²) in [4.78, 5) is 24.5. The molecule has 0 aliphatic carbocycles. The second kappa shape index (κ2) is 8.85. The van der Waals surface area contributed by atoms with Crippen LogP contribution >= 0.6 is 11.3 Å². The van der Waals surface area contributed by atoms with E-state index in [4.69, 9.17) is 4.74 Å². The molecule has 0 spiro atoms. The molecule has 2 heterocycles. The summed E-state index contributed by atoms with van der Waals surface area (Å²) in [5.74, 6) is -0.884. The number of para-hydroxylation sites is 1. The first kappa shape index (κ1) is 20.5. The third-order valence-corrected chi connectivity index (χ3v) is 7.98. The first-order valence-corrected chi connectivity index (χ1v) is 11.3. The number of ether oxygens (including phenoxy) is 1. The van der Waals surface area contributed by atoms with Crippen molar-refractivity contribution >= 4 is 38.9 Å². The second-order valence-electron chi connectivity index (χ2n) is 6.49. The van der Waals surface area contributed by atoms with E-state index in [1.54, 1.807) is 41.8 Å². The van der Waals surface area contributed by atoms with Gasteiger partial charge in [0.15, 0.2) is 0 Å². The third kappa shape index (κ3) is 4.43. The molecular weight excluding hydrogens is 400 g/mol. The summed E-state index contributed by atoms with van der Waals surface area (Å²) in [6.07, 6.45) is 2.29. The third-order valence-electron chi connectivity index (χ3n) is 4.66. The number of hydrogen-bond donors (Lipinski definition) is 1. The van der Waals surface area contributed by atoms with Gasteiger partial charge in [-0.3, -0.25) is 4.79 Å². The number of nitrogens with one attached hydrogen (secondary N) is 1. The Morgan fingerprint density at radius 1 is 1.21 bits per heavy atom. The maximum absolute atomic E-state index is 12.9. The van der Waals surface area contributed by atoms with E-state index in [-0.39, 0.29) is 22.1 Å². The van der Waals surface area contributed by atoms with E-state index in [9.17, 15) is 18.0 Å². The van der Waals surface area contributed by atoms with E-state index in [1.807, 2.05) is 0 Å². The quantitative estimate of drug-likeness (QED) is 0.722. The summed E-state index contributed by atoms with van der Waals surface area (Å²) < 4.78 is 32.3. The van der Waals surface area contributed by atoms with Gasteiger partial charge in [0, 0.05) is 19.0 Å². The molecule has 1 fully saturated rings. The van der Waals surface area contributed by atoms with Crippen LogP contribution in [0.25, 0.3) is 0 Å². The molecule has 2 aromatic rings. The van der Waals surface area contributed by atoms with Crippen LogP contribution in [-0.2, 0) is 19.6 Å². The molecule has 0 radical (unpaired) electrons. The van der Waals surface area contributed by atoms with Crippen LogP contribution in [0.4, 0.5) is 5.69 Å². The summed E-state index contributed by atoms with van der Waals surface area (Å²) in [5, 5.41) is 4.45. The summed E-state index contributed by atoms with van der Waals surface area (Å²) >= 11 is 1.17. The Morgan fingerprint density at radius 2 is 2.00 bits per heavy atom. The van der Waals surface area contributed by atoms with E-state index < -0.39 is 22.0 Å². The zero-order valence-electron chi connectivity index (χ0n) is 15.5. The highest BCUT2D eigenvalue weighted by Crippen LogP contribution is 2.29. The lowest BCUT2D eigenvalue weighted by Crippen LogP contribution is -2.45. The maximum Gasteiger partial charge on any atom is 0.339 e. The van der Waals surface area contributed by atoms with Gasteiger partial charge in [-0.1, -0.05) is 24.6 Å². The normalized spacial score (nSPS) is 17.8. The largest absolute Gasteiger partial charge is 0.465 e. The van der Waals surface area contributed by atoms with Crippen molar-refractivity contribution in [3.63, 3.8) is 0 Å². The number of thiophene rings is 1. The number of rotatable bonds is 6. The monoisotopic (exact) mass is 422 g/mol. The molecule has 7 nitrogen and oxygen atoms in total. The topological polar surface area (TPSA) is 92.8 Å². The molecule has 28 heavy (non-hydrogen) atoms. The van der Waals surface area contributed by atoms with Gasteiger partial charge < -0.3 is 10.1 Å². The predicted octanol–water partition coefficient (Wildman–Crippen LogP) is 3.11. The Kier molecular flexibility index (Phi) is 6.48. The molecular formula is C19H22N2O5S2. The first-order chi connectivity index (χ1) is 13.4. The summed E-state index contributed by atoms with van der Waals surface area (Å²) in [7, 11) is -2.34. The van der Waals surface area contributed by atoms with Crippen LogP contribution in [0, 0.1) is 0 Å². The van der Waals surface area contributed by atoms with Crippen molar-refractivity contribution in [1.29, 1.82) is 0 Å². The number of nitrogens with zero attached hydrogens (tertiary/aromatic N) is 1. The van der Waals surface area contributed by atoms with Crippen LogP contribution in [-0.4, -0.2) is 44.3 Å². The van der Waals surface area contributed by atoms with E-state index in [2.05, 4.69) is 5.32 Å². The molecule has 0 saturated carbocycles. The Balaban J connectivity index is 1.75. The molecule has 1 aliphatic heterocycles. The van der Waals surface area contributed by atoms with Crippen molar-refractivity contribution in [2.24, 2.45) is 0 Å². The van der Waals surface area contributed by atoms with E-state index in [0.717, 1.165) is 12.8 Å². The number of hydrogen-bond acceptors (Lipinski definition) is 6. The molecule has 1 atom stereocenters. The smallest absolute Gasteiger partial charge is 0.339 e. The minimum atomic E-state index is -3.61. The summed E-state index contributed by atoms with van der Waals surface area (Å²) in [6.45, 7) is 0.400. The molecule has 1 aromatic carbocycles. The summed E-state index contributed by atoms with van der Waals surface area (Å²) in [6, 6.07) is 9.44. The number of benzene rings is 1. The summed E-state index contributed by atoms with van der Waals surface area (Å²) in [5.41, 5.74) is 0.605. The Bertz CT molecular complexity index is 941. The fourth-order valence-electron chi connectivity index (χ4n) is 3.32. The zero-order chi connectivity index (χ0) is 20.1. The minimum Gasteiger partial charge on any atom is -0.465 e. The van der Waals surface area contributed by atoms with Crippen LogP contribution in [0.15, 0.2) is 46.0 Å². The molecule has 0 bridgehead atoms. The van der Waals surface area contributed by atoms with Crippen LogP contribution in [0.3, 0.4) is 0 Å². The molecule has 1 saturated heterocycles. The van der Waals surface area contributed by atoms with Gasteiger partial charge in [-0.05, 0) is 36.4 Å². The van der Waals surface area contributed by atoms with Crippen molar-refractivity contribution in [3.8, 4) is 0 Å². The number of sulfonamides is 1. The molecule has 3 rings (SSSR count). The molecule has 150 valence electrons. The minimum absolute atomic E-state index is 0.0279. The van der Waals surface area contributed by atoms with Gasteiger partial charge in [0.05, 0.1) is 18.4 Å². The molecule has 0 unspecified atom stereocenters. The molecule has 1 aromatic heterocycles. The highest BCUT2D eigenvalue weighted by molar-refractivity contribution is 7.91. The van der Waals surface area contributed by atoms with Crippen LogP contribution in [0.5, 0.6) is 0 Å². The van der Waals surface area contributed by atoms with E-state index in [0.29, 0.717) is 18.7 Å². The van der Waals surface area contributed by atoms with Gasteiger partial charge in [0.25, 0.3) is 10.0 Å². The molecule has 1 N–H and O–H groups in total. The Labute approximate surface area is 168 Å². The Morgan fingerprint density at radius 3 is 2.71 bits per heavy atom. The fraction of sp³-hybridized carbons (Fsp3) is 0.368. The predicted molar refractivity (Wildman–Crippen MR) is 107 cm³/mol. The number of methoxy groups -OCH3 is 1. The fourth-order valence-corrected chi connectivity index (χ4v) is 6.13. The average Bonchev–Trinajstić information content (AvgIpc) is 3.24. The van der Waals surface area contributed by atoms with Crippen molar-refractivity contribution in [3.05, 3.63) is 47.3 Å². The Hall–Kier alpha value is -2.23. The lowest BCUT2D eigenvalue weighted by Gasteiger charge is -2.34. The van der Waals surface area contributed by atoms with Crippen molar-refractivity contribution in [2.45, 2.75) is 35.9 Å². The van der Waals surface area contributed by atoms with Gasteiger partial charge in [-0.25, -0.2) is 13.2 Å². The van der Waals surface area contributed by atoms with Crippen molar-refractivity contribution in [2.75, 3.05) is 19.0 Å². The average molecular weight is 423 g/mol. The standard InChI is InChI=1S/C19H22N2O5S2/c1-26-19(23)15-8-2-3-9-16(15)20-17(22)13-14-7-4-5-11-21(14)28(24,25)18-10-6-12-27-18/h2-3,6,8-10,12,14H,4-5,7,11,13H2,1H3,(H,20,22)/t14-/m1/s1. The van der Waals surface area contributed by atoms with Gasteiger partial charge in [-0.2, -0.15) is 4.31 Å². The van der Waals surface area contributed by atoms with Gasteiger partial charge in [0.2, 0.25) is 5.91 Å². The number of carbonyl (C=O) groups excluding carboxylic acids is 2. The van der Waals surface area contributed by atoms with Crippen molar-refractivity contribution < 1.29 is 22.7 Å². The second-order valence-corrected chi connectivity index (χ2v) is 9.55. The highest BCUT2D eigenvalue weighted by Gasteiger charge is 2.35. The number of piperidine rings is 1. The van der Waals surface area contributed by atoms with Gasteiger partial charge in [-0.15, -0.1) is 11.3 Å². The zero-order valence-corrected chi connectivity index (χ0v) is 17.1. The van der Waals surface area contributed by atoms with E-state index >= 15 is 0 Å². The lowest BCUT2D eigenvalue weighted by molar-refractivity contribution is -0.117. The first-order valence-electron chi connectivity index (χ1n) is 8.96. The maximum atomic E-state index is 12.9. The SMILES string of the molecule is COC(=O)c1ccccc1NC(=O)C[C@H]1CCCCN1S(=O)(=O)c1cccs1. The number of esters is 1. The number of carbonyl (C=O) groups is 2. The molecule has 1 aliphatic rings.